The van der Waals surface area contributed by atoms with Crippen molar-refractivity contribution in [3.63, 3.8) is 0 Å². The van der Waals surface area contributed by atoms with Crippen LogP contribution in [0.5, 0.6) is 0 Å². The first kappa shape index (κ1) is 17.4. The van der Waals surface area contributed by atoms with Gasteiger partial charge in [-0.05, 0) is 52.9 Å². The molecule has 1 aromatic heterocycles. The van der Waals surface area contributed by atoms with Crippen molar-refractivity contribution in [1.82, 2.24) is 9.80 Å². The lowest BCUT2D eigenvalue weighted by atomic mass is 9.85. The van der Waals surface area contributed by atoms with E-state index < -0.39 is 0 Å². The molecule has 2 aromatic rings. The zero-order chi connectivity index (χ0) is 19.3. The number of carbonyl (C=O) groups excluding carboxylic acids is 3. The number of hydrogen-bond donors (Lipinski definition) is 0. The van der Waals surface area contributed by atoms with Gasteiger partial charge in [-0.15, -0.1) is 0 Å². The zero-order valence-electron chi connectivity index (χ0n) is 15.3. The maximum absolute atomic E-state index is 12.7. The molecule has 3 amide bonds. The molecule has 0 bridgehead atoms. The normalized spacial score (nSPS) is 24.4. The average molecular weight is 392 g/mol. The van der Waals surface area contributed by atoms with Gasteiger partial charge in [0, 0.05) is 18.7 Å². The second kappa shape index (κ2) is 6.71. The van der Waals surface area contributed by atoms with Crippen LogP contribution in [0.15, 0.2) is 53.2 Å². The molecule has 6 heteroatoms. The van der Waals surface area contributed by atoms with Crippen LogP contribution in [-0.2, 0) is 9.59 Å². The monoisotopic (exact) mass is 392 g/mol. The Balaban J connectivity index is 1.24. The van der Waals surface area contributed by atoms with E-state index in [0.717, 1.165) is 11.1 Å². The molecule has 28 heavy (non-hydrogen) atoms. The van der Waals surface area contributed by atoms with E-state index in [1.54, 1.807) is 16.2 Å². The van der Waals surface area contributed by atoms with Gasteiger partial charge in [-0.2, -0.15) is 11.3 Å². The summed E-state index contributed by atoms with van der Waals surface area (Å²) in [5.74, 6) is -0.571. The number of likely N-dealkylation sites (tertiary alicyclic amines) is 2. The standard InChI is InChI=1S/C22H20N2O3S/c25-20(15-7-5-14(6-8-15)16-9-10-28-13-16)23-11-17(12-23)24-21(26)18-3-1-2-4-19(18)22(24)27/h1-2,5-10,13,17-19H,3-4,11-12H2/t18-,19-/m0/s1. The lowest BCUT2D eigenvalue weighted by Crippen LogP contribution is -2.62. The van der Waals surface area contributed by atoms with Crippen LogP contribution in [0.3, 0.4) is 0 Å². The zero-order valence-corrected chi connectivity index (χ0v) is 16.1. The van der Waals surface area contributed by atoms with Gasteiger partial charge in [0.1, 0.15) is 0 Å². The number of amides is 3. The van der Waals surface area contributed by atoms with E-state index in [1.165, 1.54) is 4.90 Å². The molecule has 5 rings (SSSR count). The number of imide groups is 1. The van der Waals surface area contributed by atoms with E-state index in [-0.39, 0.29) is 35.6 Å². The molecule has 1 aliphatic carbocycles. The Bertz CT molecular complexity index is 932. The molecule has 3 aliphatic rings. The Labute approximate surface area is 167 Å². The Hall–Kier alpha value is -2.73. The van der Waals surface area contributed by atoms with Crippen molar-refractivity contribution in [3.8, 4) is 11.1 Å². The molecule has 0 saturated carbocycles. The van der Waals surface area contributed by atoms with Crippen molar-refractivity contribution in [2.45, 2.75) is 18.9 Å². The minimum Gasteiger partial charge on any atom is -0.334 e. The average Bonchev–Trinajstić information content (AvgIpc) is 3.31. The van der Waals surface area contributed by atoms with Gasteiger partial charge in [0.2, 0.25) is 11.8 Å². The van der Waals surface area contributed by atoms with Crippen LogP contribution in [0.25, 0.3) is 11.1 Å². The molecule has 3 heterocycles. The summed E-state index contributed by atoms with van der Waals surface area (Å²) in [6.07, 6.45) is 5.29. The summed E-state index contributed by atoms with van der Waals surface area (Å²) >= 11 is 1.64. The minimum absolute atomic E-state index is 0.0497. The van der Waals surface area contributed by atoms with E-state index >= 15 is 0 Å². The maximum atomic E-state index is 12.7. The first-order chi connectivity index (χ1) is 13.6. The highest BCUT2D eigenvalue weighted by Gasteiger charge is 2.52. The largest absolute Gasteiger partial charge is 0.334 e. The molecule has 0 unspecified atom stereocenters. The molecule has 0 spiro atoms. The van der Waals surface area contributed by atoms with Crippen molar-refractivity contribution in [3.05, 3.63) is 58.8 Å². The Morgan fingerprint density at radius 1 is 0.893 bits per heavy atom. The highest BCUT2D eigenvalue weighted by molar-refractivity contribution is 7.08. The third kappa shape index (κ3) is 2.71. The Kier molecular flexibility index (Phi) is 4.16. The van der Waals surface area contributed by atoms with Crippen molar-refractivity contribution in [1.29, 1.82) is 0 Å². The number of nitrogens with zero attached hydrogens (tertiary/aromatic N) is 2. The molecular weight excluding hydrogens is 372 g/mol. The highest BCUT2D eigenvalue weighted by Crippen LogP contribution is 2.37. The predicted octanol–water partition coefficient (Wildman–Crippen LogP) is 3.19. The fourth-order valence-electron chi connectivity index (χ4n) is 4.39. The lowest BCUT2D eigenvalue weighted by molar-refractivity contribution is -0.145. The van der Waals surface area contributed by atoms with Gasteiger partial charge in [-0.1, -0.05) is 24.3 Å². The van der Waals surface area contributed by atoms with Crippen molar-refractivity contribution < 1.29 is 14.4 Å². The van der Waals surface area contributed by atoms with E-state index in [2.05, 4.69) is 11.4 Å². The van der Waals surface area contributed by atoms with Crippen LogP contribution < -0.4 is 0 Å². The van der Waals surface area contributed by atoms with Crippen LogP contribution in [0.2, 0.25) is 0 Å². The molecule has 2 atom stereocenters. The molecule has 2 fully saturated rings. The Morgan fingerprint density at radius 2 is 1.54 bits per heavy atom. The molecular formula is C22H20N2O3S. The summed E-state index contributed by atoms with van der Waals surface area (Å²) < 4.78 is 0. The summed E-state index contributed by atoms with van der Waals surface area (Å²) in [6, 6.07) is 9.47. The SMILES string of the molecule is O=C(c1ccc(-c2ccsc2)cc1)N1CC(N2C(=O)[C@H]3CC=CC[C@@H]3C2=O)C1. The summed E-state index contributed by atoms with van der Waals surface area (Å²) in [5.41, 5.74) is 2.87. The summed E-state index contributed by atoms with van der Waals surface area (Å²) in [7, 11) is 0. The summed E-state index contributed by atoms with van der Waals surface area (Å²) in [4.78, 5) is 41.2. The van der Waals surface area contributed by atoms with Crippen LogP contribution in [0.4, 0.5) is 0 Å². The number of thiophene rings is 1. The second-order valence-corrected chi connectivity index (χ2v) is 8.44. The summed E-state index contributed by atoms with van der Waals surface area (Å²) in [6.45, 7) is 0.852. The molecule has 5 nitrogen and oxygen atoms in total. The van der Waals surface area contributed by atoms with Gasteiger partial charge in [-0.3, -0.25) is 19.3 Å². The number of rotatable bonds is 3. The summed E-state index contributed by atoms with van der Waals surface area (Å²) in [5, 5.41) is 4.11. The van der Waals surface area contributed by atoms with Gasteiger partial charge < -0.3 is 4.90 Å². The smallest absolute Gasteiger partial charge is 0.253 e. The minimum atomic E-state index is -0.202. The first-order valence-corrected chi connectivity index (χ1v) is 10.5. The van der Waals surface area contributed by atoms with Crippen molar-refractivity contribution >= 4 is 29.1 Å². The quantitative estimate of drug-likeness (QED) is 0.595. The van der Waals surface area contributed by atoms with Crippen LogP contribution in [-0.4, -0.2) is 46.7 Å². The van der Waals surface area contributed by atoms with Gasteiger partial charge in [0.25, 0.3) is 5.91 Å². The topological polar surface area (TPSA) is 57.7 Å². The molecule has 0 radical (unpaired) electrons. The Morgan fingerprint density at radius 3 is 2.11 bits per heavy atom. The second-order valence-electron chi connectivity index (χ2n) is 7.66. The molecule has 2 saturated heterocycles. The number of benzene rings is 1. The van der Waals surface area contributed by atoms with Crippen LogP contribution in [0.1, 0.15) is 23.2 Å². The predicted molar refractivity (Wildman–Crippen MR) is 107 cm³/mol. The van der Waals surface area contributed by atoms with Gasteiger partial charge in [-0.25, -0.2) is 0 Å². The van der Waals surface area contributed by atoms with Crippen LogP contribution >= 0.6 is 11.3 Å². The van der Waals surface area contributed by atoms with Crippen molar-refractivity contribution in [2.24, 2.45) is 11.8 Å². The fourth-order valence-corrected chi connectivity index (χ4v) is 5.05. The molecule has 2 aliphatic heterocycles. The first-order valence-electron chi connectivity index (χ1n) is 9.57. The highest BCUT2D eigenvalue weighted by atomic mass is 32.1. The third-order valence-corrected chi connectivity index (χ3v) is 6.73. The van der Waals surface area contributed by atoms with Gasteiger partial charge in [0.05, 0.1) is 17.9 Å². The molecule has 1 aromatic carbocycles. The van der Waals surface area contributed by atoms with E-state index in [9.17, 15) is 14.4 Å². The van der Waals surface area contributed by atoms with E-state index in [0.29, 0.717) is 31.5 Å². The maximum Gasteiger partial charge on any atom is 0.253 e. The molecule has 142 valence electrons. The number of carbonyl (C=O) groups is 3. The fraction of sp³-hybridized carbons (Fsp3) is 0.318. The third-order valence-electron chi connectivity index (χ3n) is 6.04. The number of allylic oxidation sites excluding steroid dienone is 2. The van der Waals surface area contributed by atoms with Gasteiger partial charge in [0.15, 0.2) is 0 Å². The molecule has 0 N–H and O–H groups in total. The van der Waals surface area contributed by atoms with Crippen molar-refractivity contribution in [2.75, 3.05) is 13.1 Å². The number of hydrogen-bond acceptors (Lipinski definition) is 4. The van der Waals surface area contributed by atoms with Crippen LogP contribution in [0, 0.1) is 11.8 Å². The van der Waals surface area contributed by atoms with E-state index in [1.807, 2.05) is 41.8 Å². The van der Waals surface area contributed by atoms with E-state index in [4.69, 9.17) is 0 Å². The van der Waals surface area contributed by atoms with Gasteiger partial charge >= 0.3 is 0 Å². The number of fused-ring (bicyclic) bond motifs is 1. The lowest BCUT2D eigenvalue weighted by Gasteiger charge is -2.43.